The number of methoxy groups -OCH3 is 1. The van der Waals surface area contributed by atoms with Crippen LogP contribution in [0, 0.1) is 5.92 Å². The Hall–Kier alpha value is -2.33. The van der Waals surface area contributed by atoms with Crippen LogP contribution in [-0.2, 0) is 14.8 Å². The summed E-state index contributed by atoms with van der Waals surface area (Å²) in [5, 5.41) is 3.74. The second-order valence-corrected chi connectivity index (χ2v) is 10.5. The maximum absolute atomic E-state index is 13.3. The number of amides is 1. The smallest absolute Gasteiger partial charge is 0.261 e. The molecule has 0 spiro atoms. The molecule has 0 radical (unpaired) electrons. The molecule has 180 valence electrons. The van der Waals surface area contributed by atoms with E-state index in [1.165, 1.54) is 18.2 Å². The number of nitrogens with zero attached hydrogens (tertiary/aromatic N) is 1. The monoisotopic (exact) mass is 495 g/mol. The van der Waals surface area contributed by atoms with Crippen molar-refractivity contribution in [1.82, 2.24) is 10.2 Å². The van der Waals surface area contributed by atoms with Crippen LogP contribution in [0.4, 0.5) is 5.69 Å². The first-order chi connectivity index (χ1) is 15.6. The van der Waals surface area contributed by atoms with Gasteiger partial charge in [-0.1, -0.05) is 24.6 Å². The number of benzene rings is 2. The number of fused-ring (bicyclic) bond motifs is 1. The number of likely N-dealkylation sites (N-methyl/N-ethyl adjacent to an activating group) is 1. The summed E-state index contributed by atoms with van der Waals surface area (Å²) >= 11 is 5.94. The minimum absolute atomic E-state index is 0.0271. The van der Waals surface area contributed by atoms with E-state index >= 15 is 0 Å². The first kappa shape index (κ1) is 25.3. The van der Waals surface area contributed by atoms with Crippen LogP contribution >= 0.6 is 11.6 Å². The van der Waals surface area contributed by atoms with Crippen molar-refractivity contribution >= 4 is 33.2 Å². The van der Waals surface area contributed by atoms with E-state index in [2.05, 4.69) is 17.0 Å². The third-order valence-electron chi connectivity index (χ3n) is 5.58. The molecule has 3 atom stereocenters. The zero-order chi connectivity index (χ0) is 24.2. The Morgan fingerprint density at radius 1 is 1.21 bits per heavy atom. The van der Waals surface area contributed by atoms with Gasteiger partial charge in [-0.2, -0.15) is 0 Å². The van der Waals surface area contributed by atoms with Gasteiger partial charge in [0.25, 0.3) is 15.9 Å². The predicted molar refractivity (Wildman–Crippen MR) is 129 cm³/mol. The second kappa shape index (κ2) is 10.7. The molecule has 1 amide bonds. The largest absolute Gasteiger partial charge is 0.491 e. The lowest BCUT2D eigenvalue weighted by atomic mass is 10.0. The molecule has 0 unspecified atom stereocenters. The molecule has 2 N–H and O–H groups in total. The van der Waals surface area contributed by atoms with Gasteiger partial charge in [-0.15, -0.1) is 0 Å². The first-order valence-corrected chi connectivity index (χ1v) is 12.5. The molecule has 1 aliphatic rings. The summed E-state index contributed by atoms with van der Waals surface area (Å²) in [6, 6.07) is 10.7. The molecule has 0 aromatic heterocycles. The van der Waals surface area contributed by atoms with E-state index in [1.807, 2.05) is 6.92 Å². The number of nitrogens with one attached hydrogen (secondary N) is 2. The summed E-state index contributed by atoms with van der Waals surface area (Å²) in [6.07, 6.45) is -0.160. The van der Waals surface area contributed by atoms with Gasteiger partial charge in [-0.05, 0) is 49.2 Å². The average molecular weight is 496 g/mol. The highest BCUT2D eigenvalue weighted by Crippen LogP contribution is 2.27. The zero-order valence-electron chi connectivity index (χ0n) is 19.2. The van der Waals surface area contributed by atoms with Crippen LogP contribution in [0.25, 0.3) is 0 Å². The Kier molecular flexibility index (Phi) is 8.23. The van der Waals surface area contributed by atoms with Crippen LogP contribution in [0.2, 0.25) is 5.02 Å². The molecule has 0 bridgehead atoms. The lowest BCUT2D eigenvalue weighted by Gasteiger charge is -2.30. The van der Waals surface area contributed by atoms with E-state index in [-0.39, 0.29) is 40.1 Å². The van der Waals surface area contributed by atoms with E-state index in [9.17, 15) is 13.2 Å². The Bertz CT molecular complexity index is 1100. The Balaban J connectivity index is 1.94. The lowest BCUT2D eigenvalue weighted by Crippen LogP contribution is -2.44. The molecule has 0 saturated heterocycles. The van der Waals surface area contributed by atoms with Crippen LogP contribution in [0.1, 0.15) is 24.2 Å². The van der Waals surface area contributed by atoms with Crippen molar-refractivity contribution in [2.45, 2.75) is 30.9 Å². The maximum atomic E-state index is 13.3. The number of hydrogen-bond donors (Lipinski definition) is 2. The molecule has 2 aromatic rings. The Morgan fingerprint density at radius 2 is 1.97 bits per heavy atom. The molecule has 0 fully saturated rings. The number of carbonyl (C=O) groups is 1. The molecule has 1 aliphatic heterocycles. The van der Waals surface area contributed by atoms with Crippen molar-refractivity contribution in [3.63, 3.8) is 0 Å². The SMILES string of the molecule is CO[C@H]1CN(C)C(=O)c2cc(NS(=O)(=O)c3cccc(Cl)c3)ccc2OC[C@H](C)NC[C@H]1C. The van der Waals surface area contributed by atoms with Crippen molar-refractivity contribution in [1.29, 1.82) is 0 Å². The van der Waals surface area contributed by atoms with Crippen molar-refractivity contribution in [3.8, 4) is 5.75 Å². The summed E-state index contributed by atoms with van der Waals surface area (Å²) in [5.41, 5.74) is 0.507. The van der Waals surface area contributed by atoms with Gasteiger partial charge in [0.05, 0.1) is 16.6 Å². The summed E-state index contributed by atoms with van der Waals surface area (Å²) in [6.45, 7) is 5.52. The molecular formula is C23H30ClN3O5S. The molecular weight excluding hydrogens is 466 g/mol. The van der Waals surface area contributed by atoms with Gasteiger partial charge in [0.15, 0.2) is 0 Å². The number of ether oxygens (including phenoxy) is 2. The topological polar surface area (TPSA) is 97.0 Å². The molecule has 3 rings (SSSR count). The fraction of sp³-hybridized carbons (Fsp3) is 0.435. The van der Waals surface area contributed by atoms with Crippen molar-refractivity contribution in [2.24, 2.45) is 5.92 Å². The van der Waals surface area contributed by atoms with E-state index in [0.717, 1.165) is 6.54 Å². The lowest BCUT2D eigenvalue weighted by molar-refractivity contribution is 0.0281. The van der Waals surface area contributed by atoms with Crippen molar-refractivity contribution < 1.29 is 22.7 Å². The van der Waals surface area contributed by atoms with E-state index in [1.54, 1.807) is 43.3 Å². The maximum Gasteiger partial charge on any atom is 0.261 e. The second-order valence-electron chi connectivity index (χ2n) is 8.33. The minimum Gasteiger partial charge on any atom is -0.491 e. The highest BCUT2D eigenvalue weighted by molar-refractivity contribution is 7.92. The van der Waals surface area contributed by atoms with Crippen LogP contribution in [-0.4, -0.2) is 65.2 Å². The highest BCUT2D eigenvalue weighted by Gasteiger charge is 2.26. The normalized spacial score (nSPS) is 22.5. The molecule has 0 saturated carbocycles. The molecule has 8 nitrogen and oxygen atoms in total. The Morgan fingerprint density at radius 3 is 2.67 bits per heavy atom. The minimum atomic E-state index is -3.89. The number of hydrogen-bond acceptors (Lipinski definition) is 6. The van der Waals surface area contributed by atoms with Crippen LogP contribution in [0.15, 0.2) is 47.4 Å². The fourth-order valence-corrected chi connectivity index (χ4v) is 4.92. The summed E-state index contributed by atoms with van der Waals surface area (Å²) < 4.78 is 39.7. The molecule has 1 heterocycles. The van der Waals surface area contributed by atoms with Gasteiger partial charge < -0.3 is 19.7 Å². The van der Waals surface area contributed by atoms with E-state index in [0.29, 0.717) is 23.9 Å². The first-order valence-electron chi connectivity index (χ1n) is 10.7. The third kappa shape index (κ3) is 6.38. The quantitative estimate of drug-likeness (QED) is 0.676. The molecule has 10 heteroatoms. The fourth-order valence-electron chi connectivity index (χ4n) is 3.57. The van der Waals surface area contributed by atoms with Gasteiger partial charge in [-0.3, -0.25) is 9.52 Å². The van der Waals surface area contributed by atoms with Crippen LogP contribution < -0.4 is 14.8 Å². The number of halogens is 1. The number of sulfonamides is 1. The molecule has 0 aliphatic carbocycles. The third-order valence-corrected chi connectivity index (χ3v) is 7.20. The van der Waals surface area contributed by atoms with Gasteiger partial charge in [0.2, 0.25) is 0 Å². The molecule has 33 heavy (non-hydrogen) atoms. The van der Waals surface area contributed by atoms with E-state index in [4.69, 9.17) is 21.1 Å². The standard InChI is InChI=1S/C23H30ClN3O5S/c1-15-12-25-16(2)14-32-21-9-8-18(11-20(21)23(28)27(3)13-22(15)31-4)26-33(29,30)19-7-5-6-17(24)10-19/h5-11,15-16,22,25-26H,12-14H2,1-4H3/t15-,16+,22+/m1/s1. The Labute approximate surface area is 200 Å². The summed E-state index contributed by atoms with van der Waals surface area (Å²) in [7, 11) is -0.569. The van der Waals surface area contributed by atoms with Crippen LogP contribution in [0.3, 0.4) is 0 Å². The predicted octanol–water partition coefficient (Wildman–Crippen LogP) is 3.23. The van der Waals surface area contributed by atoms with Gasteiger partial charge in [0, 0.05) is 44.0 Å². The number of carbonyl (C=O) groups excluding carboxylic acids is 1. The summed E-state index contributed by atoms with van der Waals surface area (Å²) in [5.74, 6) is 0.264. The zero-order valence-corrected chi connectivity index (χ0v) is 20.7. The summed E-state index contributed by atoms with van der Waals surface area (Å²) in [4.78, 5) is 14.9. The van der Waals surface area contributed by atoms with Gasteiger partial charge in [-0.25, -0.2) is 8.42 Å². The highest BCUT2D eigenvalue weighted by atomic mass is 35.5. The van der Waals surface area contributed by atoms with Gasteiger partial charge >= 0.3 is 0 Å². The van der Waals surface area contributed by atoms with Gasteiger partial charge in [0.1, 0.15) is 12.4 Å². The number of anilines is 1. The van der Waals surface area contributed by atoms with Crippen molar-refractivity contribution in [2.75, 3.05) is 38.6 Å². The van der Waals surface area contributed by atoms with E-state index < -0.39 is 10.0 Å². The van der Waals surface area contributed by atoms with Crippen molar-refractivity contribution in [3.05, 3.63) is 53.1 Å². The average Bonchev–Trinajstić information content (AvgIpc) is 2.78. The van der Waals surface area contributed by atoms with Crippen LogP contribution in [0.5, 0.6) is 5.75 Å². The number of rotatable bonds is 4. The molecule has 2 aromatic carbocycles.